The molecule has 2 heterocycles. The Kier molecular flexibility index (Phi) is 4.19. The quantitative estimate of drug-likeness (QED) is 0.891. The normalized spacial score (nSPS) is 21.5. The van der Waals surface area contributed by atoms with E-state index in [1.165, 1.54) is 0 Å². The molecule has 1 atom stereocenters. The molecule has 6 nitrogen and oxygen atoms in total. The maximum absolute atomic E-state index is 12.1. The second-order valence-electron chi connectivity index (χ2n) is 6.23. The van der Waals surface area contributed by atoms with Crippen molar-refractivity contribution in [2.75, 3.05) is 25.0 Å². The molecule has 0 bridgehead atoms. The molecule has 1 aromatic carbocycles. The van der Waals surface area contributed by atoms with Gasteiger partial charge in [-0.1, -0.05) is 24.3 Å². The van der Waals surface area contributed by atoms with Crippen molar-refractivity contribution in [1.29, 1.82) is 0 Å². The van der Waals surface area contributed by atoms with Crippen LogP contribution in [0, 0.1) is 6.92 Å². The smallest absolute Gasteiger partial charge is 0.239 e. The first-order valence-electron chi connectivity index (χ1n) is 7.77. The van der Waals surface area contributed by atoms with Crippen LogP contribution in [-0.2, 0) is 17.4 Å². The number of aryl methyl sites for hydroxylation is 2. The number of anilines is 1. The predicted molar refractivity (Wildman–Crippen MR) is 88.0 cm³/mol. The van der Waals surface area contributed by atoms with Crippen molar-refractivity contribution >= 4 is 11.7 Å². The van der Waals surface area contributed by atoms with E-state index in [1.54, 1.807) is 24.0 Å². The van der Waals surface area contributed by atoms with E-state index in [0.717, 1.165) is 11.1 Å². The highest BCUT2D eigenvalue weighted by Gasteiger charge is 2.38. The number of hydrogen-bond acceptors (Lipinski definition) is 4. The highest BCUT2D eigenvalue weighted by atomic mass is 16.3. The van der Waals surface area contributed by atoms with Gasteiger partial charge in [0.15, 0.2) is 5.82 Å². The minimum atomic E-state index is -0.878. The number of amides is 1. The van der Waals surface area contributed by atoms with Crippen molar-refractivity contribution in [3.63, 3.8) is 0 Å². The summed E-state index contributed by atoms with van der Waals surface area (Å²) in [6.45, 7) is 3.42. The van der Waals surface area contributed by atoms with Crippen molar-refractivity contribution in [3.8, 4) is 0 Å². The van der Waals surface area contributed by atoms with Crippen LogP contribution in [-0.4, -0.2) is 45.3 Å². The minimum absolute atomic E-state index is 0.113. The summed E-state index contributed by atoms with van der Waals surface area (Å²) in [6, 6.07) is 9.63. The topological polar surface area (TPSA) is 70.4 Å². The van der Waals surface area contributed by atoms with Gasteiger partial charge in [-0.3, -0.25) is 14.4 Å². The molecule has 2 aromatic rings. The molecule has 0 saturated carbocycles. The second-order valence-corrected chi connectivity index (χ2v) is 6.23. The first kappa shape index (κ1) is 15.7. The molecule has 3 rings (SSSR count). The van der Waals surface area contributed by atoms with Crippen LogP contribution < -0.4 is 5.32 Å². The lowest BCUT2D eigenvalue weighted by molar-refractivity contribution is -0.117. The zero-order chi connectivity index (χ0) is 16.4. The van der Waals surface area contributed by atoms with E-state index in [4.69, 9.17) is 0 Å². The van der Waals surface area contributed by atoms with Gasteiger partial charge in [-0.25, -0.2) is 0 Å². The zero-order valence-electron chi connectivity index (χ0n) is 13.5. The van der Waals surface area contributed by atoms with Crippen LogP contribution in [0.5, 0.6) is 0 Å². The number of hydrogen-bond donors (Lipinski definition) is 2. The summed E-state index contributed by atoms with van der Waals surface area (Å²) in [5.74, 6) is 0.434. The predicted octanol–water partition coefficient (Wildman–Crippen LogP) is 1.26. The summed E-state index contributed by atoms with van der Waals surface area (Å²) >= 11 is 0. The molecule has 23 heavy (non-hydrogen) atoms. The van der Waals surface area contributed by atoms with E-state index in [2.05, 4.69) is 10.4 Å². The van der Waals surface area contributed by atoms with Crippen molar-refractivity contribution < 1.29 is 9.90 Å². The average molecular weight is 314 g/mol. The summed E-state index contributed by atoms with van der Waals surface area (Å²) in [5.41, 5.74) is 1.15. The highest BCUT2D eigenvalue weighted by Crippen LogP contribution is 2.33. The number of nitrogens with zero attached hydrogens (tertiary/aromatic N) is 3. The number of nitrogens with one attached hydrogen (secondary N) is 1. The molecule has 0 radical (unpaired) electrons. The maximum atomic E-state index is 12.1. The average Bonchev–Trinajstić information content (AvgIpc) is 3.06. The van der Waals surface area contributed by atoms with Crippen LogP contribution in [0.15, 0.2) is 36.5 Å². The third-order valence-electron chi connectivity index (χ3n) is 4.32. The first-order chi connectivity index (χ1) is 11.0. The molecule has 122 valence electrons. The van der Waals surface area contributed by atoms with Gasteiger partial charge in [-0.15, -0.1) is 0 Å². The molecule has 0 aliphatic carbocycles. The Bertz CT molecular complexity index is 712. The van der Waals surface area contributed by atoms with Crippen LogP contribution in [0.2, 0.25) is 0 Å². The molecular formula is C17H22N4O2. The van der Waals surface area contributed by atoms with Crippen LogP contribution in [0.1, 0.15) is 17.5 Å². The van der Waals surface area contributed by atoms with Gasteiger partial charge < -0.3 is 10.4 Å². The molecule has 0 spiro atoms. The van der Waals surface area contributed by atoms with E-state index in [1.807, 2.05) is 36.1 Å². The maximum Gasteiger partial charge on any atom is 0.239 e. The molecule has 1 aromatic heterocycles. The molecular weight excluding hydrogens is 292 g/mol. The van der Waals surface area contributed by atoms with Gasteiger partial charge in [0.25, 0.3) is 0 Å². The van der Waals surface area contributed by atoms with Gasteiger partial charge in [-0.05, 0) is 24.5 Å². The number of β-amino-alcohol motifs (C(OH)–C–C–N with tert-alkyl or cyclic N) is 1. The second kappa shape index (κ2) is 6.14. The van der Waals surface area contributed by atoms with Gasteiger partial charge in [-0.2, -0.15) is 5.10 Å². The van der Waals surface area contributed by atoms with E-state index in [-0.39, 0.29) is 12.5 Å². The minimum Gasteiger partial charge on any atom is -0.384 e. The molecule has 2 N–H and O–H groups in total. The Morgan fingerprint density at radius 2 is 2.17 bits per heavy atom. The van der Waals surface area contributed by atoms with Gasteiger partial charge in [0.05, 0.1) is 6.54 Å². The SMILES string of the molecule is Cc1ccccc1[C@@]1(O)CCN(CC(=O)Nc2ccn(C)n2)C1. The number of aliphatic hydroxyl groups is 1. The largest absolute Gasteiger partial charge is 0.384 e. The first-order valence-corrected chi connectivity index (χ1v) is 7.77. The summed E-state index contributed by atoms with van der Waals surface area (Å²) in [7, 11) is 1.80. The van der Waals surface area contributed by atoms with Crippen molar-refractivity contribution in [2.24, 2.45) is 7.05 Å². The van der Waals surface area contributed by atoms with Crippen molar-refractivity contribution in [1.82, 2.24) is 14.7 Å². The number of aromatic nitrogens is 2. The summed E-state index contributed by atoms with van der Waals surface area (Å²) in [4.78, 5) is 14.1. The van der Waals surface area contributed by atoms with Crippen molar-refractivity contribution in [2.45, 2.75) is 18.9 Å². The van der Waals surface area contributed by atoms with Crippen LogP contribution >= 0.6 is 0 Å². The van der Waals surface area contributed by atoms with E-state index in [9.17, 15) is 9.90 Å². The zero-order valence-corrected chi connectivity index (χ0v) is 13.5. The van der Waals surface area contributed by atoms with Gasteiger partial charge >= 0.3 is 0 Å². The van der Waals surface area contributed by atoms with E-state index in [0.29, 0.717) is 25.3 Å². The molecule has 1 fully saturated rings. The Morgan fingerprint density at radius 3 is 2.87 bits per heavy atom. The molecule has 6 heteroatoms. The number of likely N-dealkylation sites (tertiary alicyclic amines) is 1. The van der Waals surface area contributed by atoms with Gasteiger partial charge in [0.1, 0.15) is 5.60 Å². The number of rotatable bonds is 4. The van der Waals surface area contributed by atoms with Crippen molar-refractivity contribution in [3.05, 3.63) is 47.7 Å². The Balaban J connectivity index is 1.61. The standard InChI is InChI=1S/C17H22N4O2/c1-13-5-3-4-6-14(13)17(23)8-10-21(12-17)11-16(22)18-15-7-9-20(2)19-15/h3-7,9,23H,8,10-12H2,1-2H3,(H,18,19,22)/t17-/m1/s1. The molecule has 1 aliphatic rings. The summed E-state index contributed by atoms with van der Waals surface area (Å²) in [6.07, 6.45) is 2.41. The third kappa shape index (κ3) is 3.43. The summed E-state index contributed by atoms with van der Waals surface area (Å²) < 4.78 is 1.64. The van der Waals surface area contributed by atoms with Crippen LogP contribution in [0.4, 0.5) is 5.82 Å². The number of carbonyl (C=O) groups is 1. The lowest BCUT2D eigenvalue weighted by Gasteiger charge is -2.25. The Hall–Kier alpha value is -2.18. The number of carbonyl (C=O) groups excluding carboxylic acids is 1. The van der Waals surface area contributed by atoms with E-state index >= 15 is 0 Å². The summed E-state index contributed by atoms with van der Waals surface area (Å²) in [5, 5.41) is 17.8. The van der Waals surface area contributed by atoms with Gasteiger partial charge in [0.2, 0.25) is 5.91 Å². The Morgan fingerprint density at radius 1 is 1.39 bits per heavy atom. The fraction of sp³-hybridized carbons (Fsp3) is 0.412. The molecule has 1 saturated heterocycles. The molecule has 1 amide bonds. The number of benzene rings is 1. The van der Waals surface area contributed by atoms with Crippen LogP contribution in [0.25, 0.3) is 0 Å². The highest BCUT2D eigenvalue weighted by molar-refractivity contribution is 5.91. The molecule has 0 unspecified atom stereocenters. The van der Waals surface area contributed by atoms with E-state index < -0.39 is 5.60 Å². The van der Waals surface area contributed by atoms with Crippen LogP contribution in [0.3, 0.4) is 0 Å². The lowest BCUT2D eigenvalue weighted by Crippen LogP contribution is -2.35. The molecule has 1 aliphatic heterocycles. The third-order valence-corrected chi connectivity index (χ3v) is 4.32. The lowest BCUT2D eigenvalue weighted by atomic mass is 9.89. The monoisotopic (exact) mass is 314 g/mol. The fourth-order valence-electron chi connectivity index (χ4n) is 3.19. The fourth-order valence-corrected chi connectivity index (χ4v) is 3.19. The van der Waals surface area contributed by atoms with Gasteiger partial charge in [0, 0.05) is 32.4 Å². The Labute approximate surface area is 135 Å².